The van der Waals surface area contributed by atoms with Crippen molar-refractivity contribution in [2.75, 3.05) is 6.61 Å². The fraction of sp³-hybridized carbons (Fsp3) is 0.353. The Bertz CT molecular complexity index is 1080. The van der Waals surface area contributed by atoms with Gasteiger partial charge in [0.05, 0.1) is 23.9 Å². The Morgan fingerprint density at radius 3 is 3.12 bits per heavy atom. The Morgan fingerprint density at radius 2 is 2.23 bits per heavy atom. The van der Waals surface area contributed by atoms with Crippen LogP contribution in [0, 0.1) is 6.92 Å². The second-order valence-corrected chi connectivity index (χ2v) is 7.33. The molecule has 132 valence electrons. The van der Waals surface area contributed by atoms with Gasteiger partial charge in [0.1, 0.15) is 5.03 Å². The van der Waals surface area contributed by atoms with Gasteiger partial charge < -0.3 is 4.74 Å². The lowest BCUT2D eigenvalue weighted by Crippen LogP contribution is -2.16. The van der Waals surface area contributed by atoms with Crippen molar-refractivity contribution < 1.29 is 4.74 Å². The molecule has 3 aromatic heterocycles. The van der Waals surface area contributed by atoms with Gasteiger partial charge in [-0.15, -0.1) is 5.10 Å². The zero-order valence-corrected chi connectivity index (χ0v) is 15.1. The SMILES string of the molecule is Cc1cc2nc(Sc3nnnn3C[C@@H]3CCCO3)c3ccccc3n2n1. The van der Waals surface area contributed by atoms with Crippen LogP contribution in [0.2, 0.25) is 0 Å². The zero-order chi connectivity index (χ0) is 17.5. The van der Waals surface area contributed by atoms with Gasteiger partial charge in [-0.1, -0.05) is 18.2 Å². The molecule has 1 fully saturated rings. The molecule has 1 atom stereocenters. The number of tetrazole rings is 1. The van der Waals surface area contributed by atoms with E-state index in [0.717, 1.165) is 51.9 Å². The highest BCUT2D eigenvalue weighted by atomic mass is 32.2. The summed E-state index contributed by atoms with van der Waals surface area (Å²) in [6.07, 6.45) is 2.33. The number of rotatable bonds is 4. The van der Waals surface area contributed by atoms with Crippen LogP contribution in [-0.4, -0.2) is 47.5 Å². The Labute approximate surface area is 153 Å². The van der Waals surface area contributed by atoms with E-state index in [-0.39, 0.29) is 6.10 Å². The maximum absolute atomic E-state index is 5.71. The topological polar surface area (TPSA) is 83.0 Å². The quantitative estimate of drug-likeness (QED) is 0.513. The van der Waals surface area contributed by atoms with Crippen LogP contribution in [0.5, 0.6) is 0 Å². The molecule has 9 heteroatoms. The van der Waals surface area contributed by atoms with Gasteiger partial charge in [-0.3, -0.25) is 0 Å². The van der Waals surface area contributed by atoms with Crippen molar-refractivity contribution in [3.05, 3.63) is 36.0 Å². The minimum absolute atomic E-state index is 0.183. The second kappa shape index (κ2) is 6.33. The molecule has 4 aromatic rings. The van der Waals surface area contributed by atoms with Crippen LogP contribution in [0.25, 0.3) is 16.6 Å². The number of fused-ring (bicyclic) bond motifs is 3. The maximum Gasteiger partial charge on any atom is 0.215 e. The molecular formula is C17H17N7OS. The van der Waals surface area contributed by atoms with Gasteiger partial charge >= 0.3 is 0 Å². The second-order valence-electron chi connectivity index (χ2n) is 6.37. The van der Waals surface area contributed by atoms with Crippen molar-refractivity contribution in [1.29, 1.82) is 0 Å². The first-order chi connectivity index (χ1) is 12.8. The van der Waals surface area contributed by atoms with E-state index in [2.05, 4.69) is 32.8 Å². The van der Waals surface area contributed by atoms with Crippen molar-refractivity contribution in [2.45, 2.75) is 42.6 Å². The molecule has 0 radical (unpaired) electrons. The summed E-state index contributed by atoms with van der Waals surface area (Å²) in [5.41, 5.74) is 2.78. The molecule has 1 aliphatic heterocycles. The number of benzene rings is 1. The smallest absolute Gasteiger partial charge is 0.215 e. The number of aryl methyl sites for hydroxylation is 1. The van der Waals surface area contributed by atoms with Gasteiger partial charge in [-0.2, -0.15) is 5.10 Å². The van der Waals surface area contributed by atoms with Crippen molar-refractivity contribution in [2.24, 2.45) is 0 Å². The van der Waals surface area contributed by atoms with E-state index in [4.69, 9.17) is 9.72 Å². The van der Waals surface area contributed by atoms with E-state index in [0.29, 0.717) is 6.54 Å². The number of hydrogen-bond acceptors (Lipinski definition) is 7. The third-order valence-corrected chi connectivity index (χ3v) is 5.46. The summed E-state index contributed by atoms with van der Waals surface area (Å²) in [7, 11) is 0. The largest absolute Gasteiger partial charge is 0.376 e. The van der Waals surface area contributed by atoms with E-state index in [1.54, 1.807) is 0 Å². The zero-order valence-electron chi connectivity index (χ0n) is 14.2. The first-order valence-corrected chi connectivity index (χ1v) is 9.40. The first kappa shape index (κ1) is 15.7. The average molecular weight is 367 g/mol. The van der Waals surface area contributed by atoms with Gasteiger partial charge in [0, 0.05) is 18.1 Å². The molecule has 0 N–H and O–H groups in total. The molecule has 0 spiro atoms. The molecule has 0 saturated carbocycles. The van der Waals surface area contributed by atoms with E-state index >= 15 is 0 Å². The summed E-state index contributed by atoms with van der Waals surface area (Å²) in [4.78, 5) is 4.80. The van der Waals surface area contributed by atoms with Crippen molar-refractivity contribution in [3.63, 3.8) is 0 Å². The molecule has 26 heavy (non-hydrogen) atoms. The first-order valence-electron chi connectivity index (χ1n) is 8.59. The van der Waals surface area contributed by atoms with Crippen LogP contribution >= 0.6 is 11.8 Å². The Balaban J connectivity index is 1.56. The number of ether oxygens (including phenoxy) is 1. The summed E-state index contributed by atoms with van der Waals surface area (Å²) in [6.45, 7) is 3.46. The van der Waals surface area contributed by atoms with Crippen LogP contribution in [0.3, 0.4) is 0 Å². The molecule has 4 heterocycles. The van der Waals surface area contributed by atoms with E-state index in [1.165, 1.54) is 11.8 Å². The standard InChI is InChI=1S/C17H17N7OS/c1-11-9-15-18-16(13-6-2-3-7-14(13)24(15)20-11)26-17-19-21-22-23(17)10-12-5-4-8-25-12/h2-3,6-7,9,12H,4-5,8,10H2,1H3/t12-/m0/s1. The lowest BCUT2D eigenvalue weighted by Gasteiger charge is -2.10. The number of aromatic nitrogens is 7. The highest BCUT2D eigenvalue weighted by molar-refractivity contribution is 7.99. The van der Waals surface area contributed by atoms with E-state index in [1.807, 2.05) is 34.3 Å². The lowest BCUT2D eigenvalue weighted by molar-refractivity contribution is 0.0912. The third-order valence-electron chi connectivity index (χ3n) is 4.48. The average Bonchev–Trinajstić information content (AvgIpc) is 3.38. The molecule has 1 aliphatic rings. The van der Waals surface area contributed by atoms with Gasteiger partial charge in [0.15, 0.2) is 5.65 Å². The van der Waals surface area contributed by atoms with Crippen LogP contribution in [0.4, 0.5) is 0 Å². The molecule has 0 unspecified atom stereocenters. The van der Waals surface area contributed by atoms with Crippen molar-refractivity contribution in [3.8, 4) is 0 Å². The third kappa shape index (κ3) is 2.73. The molecule has 0 amide bonds. The maximum atomic E-state index is 5.71. The number of hydrogen-bond donors (Lipinski definition) is 0. The minimum atomic E-state index is 0.183. The van der Waals surface area contributed by atoms with E-state index in [9.17, 15) is 0 Å². The lowest BCUT2D eigenvalue weighted by atomic mass is 10.2. The minimum Gasteiger partial charge on any atom is -0.376 e. The Kier molecular flexibility index (Phi) is 3.83. The van der Waals surface area contributed by atoms with Crippen LogP contribution in [-0.2, 0) is 11.3 Å². The molecule has 8 nitrogen and oxygen atoms in total. The molecule has 5 rings (SSSR count). The predicted molar refractivity (Wildman–Crippen MR) is 96.1 cm³/mol. The number of nitrogens with zero attached hydrogens (tertiary/aromatic N) is 7. The Morgan fingerprint density at radius 1 is 1.31 bits per heavy atom. The summed E-state index contributed by atoms with van der Waals surface area (Å²) in [6, 6.07) is 10.1. The van der Waals surface area contributed by atoms with Gasteiger partial charge in [-0.25, -0.2) is 14.2 Å². The molecule has 1 aromatic carbocycles. The number of para-hydroxylation sites is 1. The van der Waals surface area contributed by atoms with Gasteiger partial charge in [0.25, 0.3) is 0 Å². The summed E-state index contributed by atoms with van der Waals surface area (Å²) >= 11 is 1.48. The van der Waals surface area contributed by atoms with Gasteiger partial charge in [0.2, 0.25) is 5.16 Å². The molecule has 0 aliphatic carbocycles. The summed E-state index contributed by atoms with van der Waals surface area (Å²) in [5, 5.41) is 19.3. The summed E-state index contributed by atoms with van der Waals surface area (Å²) < 4.78 is 9.40. The van der Waals surface area contributed by atoms with Crippen molar-refractivity contribution >= 4 is 28.3 Å². The monoisotopic (exact) mass is 367 g/mol. The fourth-order valence-corrected chi connectivity index (χ4v) is 4.16. The highest BCUT2D eigenvalue weighted by Gasteiger charge is 2.20. The van der Waals surface area contributed by atoms with E-state index < -0.39 is 0 Å². The highest BCUT2D eigenvalue weighted by Crippen LogP contribution is 2.31. The van der Waals surface area contributed by atoms with Crippen molar-refractivity contribution in [1.82, 2.24) is 34.8 Å². The Hall–Kier alpha value is -2.52. The predicted octanol–water partition coefficient (Wildman–Crippen LogP) is 2.51. The summed E-state index contributed by atoms with van der Waals surface area (Å²) in [5.74, 6) is 0. The van der Waals surface area contributed by atoms with Crippen LogP contribution in [0.15, 0.2) is 40.5 Å². The van der Waals surface area contributed by atoms with Gasteiger partial charge in [-0.05, 0) is 48.0 Å². The van der Waals surface area contributed by atoms with Crippen LogP contribution < -0.4 is 0 Å². The molecule has 1 saturated heterocycles. The fourth-order valence-electron chi connectivity index (χ4n) is 3.28. The normalized spacial score (nSPS) is 17.5. The molecular weight excluding hydrogens is 350 g/mol. The van der Waals surface area contributed by atoms with Crippen LogP contribution in [0.1, 0.15) is 18.5 Å². The molecule has 0 bridgehead atoms.